The van der Waals surface area contributed by atoms with E-state index in [0.29, 0.717) is 19.5 Å². The van der Waals surface area contributed by atoms with E-state index in [1.54, 1.807) is 35.1 Å². The van der Waals surface area contributed by atoms with Gasteiger partial charge in [-0.05, 0) is 25.3 Å². The molecule has 232 valence electrons. The van der Waals surface area contributed by atoms with Gasteiger partial charge in [-0.2, -0.15) is 0 Å². The Kier molecular flexibility index (Phi) is 9.36. The number of nitrogens with zero attached hydrogens (tertiary/aromatic N) is 3. The fourth-order valence-electron chi connectivity index (χ4n) is 7.04. The monoisotopic (exact) mass is 593 g/mol. The lowest BCUT2D eigenvalue weighted by molar-refractivity contribution is -0.164. The fraction of sp³-hybridized carbons (Fsp3) is 0.576. The first-order valence-corrected chi connectivity index (χ1v) is 15.5. The topological polar surface area (TPSA) is 117 Å². The molecule has 1 aromatic carbocycles. The van der Waals surface area contributed by atoms with Crippen molar-refractivity contribution in [2.45, 2.75) is 75.8 Å². The van der Waals surface area contributed by atoms with Crippen LogP contribution in [0.1, 0.15) is 57.6 Å². The number of aliphatic hydroxyl groups excluding tert-OH is 1. The van der Waals surface area contributed by atoms with Crippen LogP contribution in [0.15, 0.2) is 54.6 Å². The fourth-order valence-corrected chi connectivity index (χ4v) is 7.04. The molecule has 10 nitrogen and oxygen atoms in total. The number of ether oxygens (including phenoxy) is 2. The zero-order valence-electron chi connectivity index (χ0n) is 25.3. The standard InChI is InChI=1S/C33H43N3O7/c1-4-5-11-18-35-19-12-17-33-27(30(39)36(20-21-37)29(33)31(35)40)26-24(43-33)15-9-10-16-25(38)34(3)22(2)28(42-32(26)41)23-13-7-6-8-14-23/h6-9,12-15,17,22,24,26-29,37H,4-5,10-11,16,18-21H2,1-3H3/b15-9-/t22-,24-,26+,27+,28+,29-,33+/m1/s1. The zero-order chi connectivity index (χ0) is 30.7. The highest BCUT2D eigenvalue weighted by Gasteiger charge is 2.71. The maximum Gasteiger partial charge on any atom is 0.313 e. The first-order valence-electron chi connectivity index (χ1n) is 15.5. The highest BCUT2D eigenvalue weighted by atomic mass is 16.6. The van der Waals surface area contributed by atoms with E-state index >= 15 is 0 Å². The first kappa shape index (κ1) is 30.9. The van der Waals surface area contributed by atoms with Gasteiger partial charge in [0.05, 0.1) is 24.7 Å². The number of fused-ring (bicyclic) bond motifs is 2. The Morgan fingerprint density at radius 1 is 1.02 bits per heavy atom. The van der Waals surface area contributed by atoms with Crippen molar-refractivity contribution in [3.63, 3.8) is 0 Å². The van der Waals surface area contributed by atoms with E-state index in [2.05, 4.69) is 6.92 Å². The Balaban J connectivity index is 1.57. The number of allylic oxidation sites excluding steroid dienone is 1. The summed E-state index contributed by atoms with van der Waals surface area (Å²) in [5.41, 5.74) is -0.673. The highest BCUT2D eigenvalue weighted by Crippen LogP contribution is 2.53. The van der Waals surface area contributed by atoms with E-state index in [-0.39, 0.29) is 31.4 Å². The van der Waals surface area contributed by atoms with Crippen LogP contribution in [0.25, 0.3) is 0 Å². The van der Waals surface area contributed by atoms with E-state index in [0.717, 1.165) is 24.8 Å². The summed E-state index contributed by atoms with van der Waals surface area (Å²) in [4.78, 5) is 60.3. The van der Waals surface area contributed by atoms with Crippen LogP contribution in [-0.4, -0.2) is 101 Å². The minimum absolute atomic E-state index is 0.0493. The Morgan fingerprint density at radius 3 is 2.51 bits per heavy atom. The summed E-state index contributed by atoms with van der Waals surface area (Å²) >= 11 is 0. The highest BCUT2D eigenvalue weighted by molar-refractivity contribution is 5.99. The molecule has 0 bridgehead atoms. The number of benzene rings is 1. The summed E-state index contributed by atoms with van der Waals surface area (Å²) < 4.78 is 12.9. The number of rotatable bonds is 7. The molecule has 4 aliphatic heterocycles. The van der Waals surface area contributed by atoms with Crippen LogP contribution < -0.4 is 0 Å². The molecule has 5 rings (SSSR count). The molecule has 0 aromatic heterocycles. The second kappa shape index (κ2) is 13.0. The number of amides is 3. The number of unbranched alkanes of at least 4 members (excludes halogenated alkanes) is 2. The van der Waals surface area contributed by atoms with Crippen molar-refractivity contribution in [2.24, 2.45) is 11.8 Å². The smallest absolute Gasteiger partial charge is 0.313 e. The van der Waals surface area contributed by atoms with Gasteiger partial charge in [-0.15, -0.1) is 0 Å². The number of likely N-dealkylation sites (N-methyl/N-ethyl adjacent to an activating group) is 1. The molecule has 0 aliphatic carbocycles. The predicted molar refractivity (Wildman–Crippen MR) is 158 cm³/mol. The van der Waals surface area contributed by atoms with Crippen LogP contribution in [0.3, 0.4) is 0 Å². The first-order chi connectivity index (χ1) is 20.7. The number of carbonyl (C=O) groups is 4. The van der Waals surface area contributed by atoms with Crippen molar-refractivity contribution in [3.05, 3.63) is 60.2 Å². The summed E-state index contributed by atoms with van der Waals surface area (Å²) in [5.74, 6) is -3.41. The van der Waals surface area contributed by atoms with Gasteiger partial charge < -0.3 is 29.3 Å². The number of β-amino-alcohol motifs (C(OH)–C–C–N with tert-alkyl or cyclic N) is 1. The van der Waals surface area contributed by atoms with Crippen molar-refractivity contribution in [3.8, 4) is 0 Å². The summed E-state index contributed by atoms with van der Waals surface area (Å²) in [5, 5.41) is 9.91. The number of esters is 1. The lowest BCUT2D eigenvalue weighted by atomic mass is 9.77. The molecule has 7 atom stereocenters. The number of aliphatic hydroxyl groups is 1. The van der Waals surface area contributed by atoms with Crippen LogP contribution in [0, 0.1) is 11.8 Å². The number of hydrogen-bond donors (Lipinski definition) is 1. The van der Waals surface area contributed by atoms with Gasteiger partial charge in [0.2, 0.25) is 17.7 Å². The van der Waals surface area contributed by atoms with Gasteiger partial charge >= 0.3 is 5.97 Å². The third-order valence-corrected chi connectivity index (χ3v) is 9.39. The third kappa shape index (κ3) is 5.62. The van der Waals surface area contributed by atoms with Crippen LogP contribution in [-0.2, 0) is 28.7 Å². The molecule has 1 aromatic rings. The van der Waals surface area contributed by atoms with Crippen molar-refractivity contribution < 1.29 is 33.8 Å². The molecular weight excluding hydrogens is 550 g/mol. The van der Waals surface area contributed by atoms with Gasteiger partial charge in [-0.25, -0.2) is 0 Å². The van der Waals surface area contributed by atoms with Gasteiger partial charge in [0, 0.05) is 33.1 Å². The van der Waals surface area contributed by atoms with Gasteiger partial charge in [0.25, 0.3) is 0 Å². The Labute approximate surface area is 253 Å². The quantitative estimate of drug-likeness (QED) is 0.294. The second-order valence-electron chi connectivity index (χ2n) is 12.0. The van der Waals surface area contributed by atoms with Crippen LogP contribution >= 0.6 is 0 Å². The predicted octanol–water partition coefficient (Wildman–Crippen LogP) is 2.63. The van der Waals surface area contributed by atoms with Crippen LogP contribution in [0.4, 0.5) is 0 Å². The van der Waals surface area contributed by atoms with E-state index in [9.17, 15) is 24.3 Å². The molecule has 43 heavy (non-hydrogen) atoms. The Bertz CT molecular complexity index is 1270. The second-order valence-corrected chi connectivity index (χ2v) is 12.0. The molecule has 1 N–H and O–H groups in total. The van der Waals surface area contributed by atoms with Crippen molar-refractivity contribution in [1.29, 1.82) is 0 Å². The number of cyclic esters (lactones) is 1. The van der Waals surface area contributed by atoms with E-state index in [4.69, 9.17) is 9.47 Å². The summed E-state index contributed by atoms with van der Waals surface area (Å²) in [6, 6.07) is 7.76. The average Bonchev–Trinajstić information content (AvgIpc) is 3.39. The van der Waals surface area contributed by atoms with Crippen molar-refractivity contribution in [1.82, 2.24) is 14.7 Å². The van der Waals surface area contributed by atoms with Gasteiger partial charge in [-0.1, -0.05) is 74.4 Å². The largest absolute Gasteiger partial charge is 0.455 e. The van der Waals surface area contributed by atoms with E-state index in [1.807, 2.05) is 43.3 Å². The van der Waals surface area contributed by atoms with Gasteiger partial charge in [0.1, 0.15) is 23.7 Å². The third-order valence-electron chi connectivity index (χ3n) is 9.39. The minimum atomic E-state index is -1.40. The molecule has 4 aliphatic rings. The molecule has 0 saturated carbocycles. The molecule has 4 heterocycles. The molecule has 10 heteroatoms. The zero-order valence-corrected chi connectivity index (χ0v) is 25.3. The van der Waals surface area contributed by atoms with Crippen molar-refractivity contribution >= 4 is 23.7 Å². The van der Waals surface area contributed by atoms with E-state index in [1.165, 1.54) is 4.90 Å². The number of carbonyl (C=O) groups excluding carboxylic acids is 4. The maximum atomic E-state index is 14.3. The van der Waals surface area contributed by atoms with Gasteiger partial charge in [0.15, 0.2) is 0 Å². The molecule has 1 spiro atoms. The van der Waals surface area contributed by atoms with Crippen LogP contribution in [0.5, 0.6) is 0 Å². The van der Waals surface area contributed by atoms with E-state index < -0.39 is 53.6 Å². The Morgan fingerprint density at radius 2 is 1.79 bits per heavy atom. The molecule has 2 saturated heterocycles. The van der Waals surface area contributed by atoms with Crippen LogP contribution in [0.2, 0.25) is 0 Å². The molecule has 0 radical (unpaired) electrons. The van der Waals surface area contributed by atoms with Gasteiger partial charge in [-0.3, -0.25) is 19.2 Å². The van der Waals surface area contributed by atoms with Crippen molar-refractivity contribution in [2.75, 3.05) is 33.3 Å². The SMILES string of the molecule is CCCCCN1CC=C[C@]23O[C@@H]4/C=C\CCC(=O)N(C)[C@H](C)[C@@H](c5ccccc5)OC(=O)[C@@H]4[C@H]2C(=O)N(CCO)[C@@H]3C1=O. The normalized spacial score (nSPS) is 33.7. The lowest BCUT2D eigenvalue weighted by Gasteiger charge is -2.35. The summed E-state index contributed by atoms with van der Waals surface area (Å²) in [6.45, 7) is 4.47. The molecule has 2 fully saturated rings. The number of likely N-dealkylation sites (tertiary alicyclic amines) is 1. The minimum Gasteiger partial charge on any atom is -0.455 e. The number of hydrogen-bond acceptors (Lipinski definition) is 7. The molecule has 3 amide bonds. The maximum absolute atomic E-state index is 14.3. The molecule has 0 unspecified atom stereocenters. The average molecular weight is 594 g/mol. The molecular formula is C33H43N3O7. The lowest BCUT2D eigenvalue weighted by Crippen LogP contribution is -2.55. The summed E-state index contributed by atoms with van der Waals surface area (Å²) in [7, 11) is 1.70. The summed E-state index contributed by atoms with van der Waals surface area (Å²) in [6.07, 6.45) is 9.06. The Hall–Kier alpha value is -3.50.